The maximum Gasteiger partial charge on any atom is 0.335 e. The number of aromatic nitrogens is 1. The third-order valence-corrected chi connectivity index (χ3v) is 3.32. The van der Waals surface area contributed by atoms with Crippen molar-refractivity contribution in [2.24, 2.45) is 0 Å². The van der Waals surface area contributed by atoms with Crippen molar-refractivity contribution in [3.8, 4) is 16.3 Å². The van der Waals surface area contributed by atoms with Gasteiger partial charge in [0, 0.05) is 5.38 Å². The number of carboxylic acid groups (broad SMARTS) is 1. The number of alkyl halides is 2. The summed E-state index contributed by atoms with van der Waals surface area (Å²) in [7, 11) is 1.42. The van der Waals surface area contributed by atoms with Crippen LogP contribution in [0.4, 0.5) is 8.78 Å². The van der Waals surface area contributed by atoms with Crippen molar-refractivity contribution in [2.45, 2.75) is 6.43 Å². The van der Waals surface area contributed by atoms with Crippen LogP contribution < -0.4 is 4.74 Å². The fourth-order valence-electron chi connectivity index (χ4n) is 1.52. The summed E-state index contributed by atoms with van der Waals surface area (Å²) in [5.41, 5.74) is 0.103. The zero-order valence-electron chi connectivity index (χ0n) is 9.76. The van der Waals surface area contributed by atoms with Gasteiger partial charge in [-0.05, 0) is 18.2 Å². The molecule has 0 aliphatic carbocycles. The average molecular weight is 285 g/mol. The molecule has 100 valence electrons. The molecule has 0 atom stereocenters. The minimum Gasteiger partial charge on any atom is -0.496 e. The molecule has 7 heteroatoms. The monoisotopic (exact) mass is 285 g/mol. The fraction of sp³-hybridized carbons (Fsp3) is 0.167. The largest absolute Gasteiger partial charge is 0.496 e. The molecule has 1 aromatic carbocycles. The first-order valence-electron chi connectivity index (χ1n) is 5.18. The van der Waals surface area contributed by atoms with Gasteiger partial charge in [-0.15, -0.1) is 11.3 Å². The van der Waals surface area contributed by atoms with Crippen LogP contribution in [0.1, 0.15) is 22.5 Å². The summed E-state index contributed by atoms with van der Waals surface area (Å²) in [6, 6.07) is 4.21. The van der Waals surface area contributed by atoms with Crippen LogP contribution in [0.2, 0.25) is 0 Å². The lowest BCUT2D eigenvalue weighted by molar-refractivity contribution is 0.0697. The lowest BCUT2D eigenvalue weighted by atomic mass is 10.1. The van der Waals surface area contributed by atoms with Crippen molar-refractivity contribution in [3.05, 3.63) is 34.8 Å². The molecular formula is C12H9F2NO3S. The average Bonchev–Trinajstić information content (AvgIpc) is 2.87. The highest BCUT2D eigenvalue weighted by Crippen LogP contribution is 2.34. The van der Waals surface area contributed by atoms with Gasteiger partial charge in [0.15, 0.2) is 0 Å². The molecule has 0 radical (unpaired) electrons. The number of nitrogens with zero attached hydrogens (tertiary/aromatic N) is 1. The highest BCUT2D eigenvalue weighted by Gasteiger charge is 2.17. The molecule has 0 aliphatic heterocycles. The molecule has 4 nitrogen and oxygen atoms in total. The number of aromatic carboxylic acids is 1. The van der Waals surface area contributed by atoms with Crippen molar-refractivity contribution in [3.63, 3.8) is 0 Å². The summed E-state index contributed by atoms with van der Waals surface area (Å²) in [4.78, 5) is 14.7. The normalized spacial score (nSPS) is 10.7. The lowest BCUT2D eigenvalue weighted by Crippen LogP contribution is -1.98. The van der Waals surface area contributed by atoms with Gasteiger partial charge in [0.1, 0.15) is 16.5 Å². The van der Waals surface area contributed by atoms with E-state index >= 15 is 0 Å². The van der Waals surface area contributed by atoms with Crippen molar-refractivity contribution < 1.29 is 23.4 Å². The molecule has 19 heavy (non-hydrogen) atoms. The van der Waals surface area contributed by atoms with Gasteiger partial charge in [-0.3, -0.25) is 0 Å². The highest BCUT2D eigenvalue weighted by atomic mass is 32.1. The summed E-state index contributed by atoms with van der Waals surface area (Å²) in [5, 5.41) is 10.5. The Morgan fingerprint density at radius 1 is 1.47 bits per heavy atom. The van der Waals surface area contributed by atoms with E-state index in [4.69, 9.17) is 9.84 Å². The summed E-state index contributed by atoms with van der Waals surface area (Å²) in [6.45, 7) is 0. The van der Waals surface area contributed by atoms with Crippen LogP contribution in [0, 0.1) is 0 Å². The second-order valence-corrected chi connectivity index (χ2v) is 4.46. The Morgan fingerprint density at radius 3 is 2.74 bits per heavy atom. The number of methoxy groups -OCH3 is 1. The van der Waals surface area contributed by atoms with Crippen molar-refractivity contribution >= 4 is 17.3 Å². The Hall–Kier alpha value is -2.02. The van der Waals surface area contributed by atoms with E-state index in [1.54, 1.807) is 0 Å². The number of hydrogen-bond donors (Lipinski definition) is 1. The molecule has 2 rings (SSSR count). The lowest BCUT2D eigenvalue weighted by Gasteiger charge is -2.06. The number of rotatable bonds is 4. The number of ether oxygens (including phenoxy) is 1. The Kier molecular flexibility index (Phi) is 3.75. The Bertz CT molecular complexity index is 613. The summed E-state index contributed by atoms with van der Waals surface area (Å²) >= 11 is 1.02. The Labute approximate surface area is 111 Å². The molecule has 1 N–H and O–H groups in total. The molecule has 0 saturated carbocycles. The van der Waals surface area contributed by atoms with Crippen LogP contribution in [0.3, 0.4) is 0 Å². The zero-order chi connectivity index (χ0) is 14.0. The first kappa shape index (κ1) is 13.4. The number of carbonyl (C=O) groups is 1. The van der Waals surface area contributed by atoms with Gasteiger partial charge < -0.3 is 9.84 Å². The topological polar surface area (TPSA) is 59.4 Å². The summed E-state index contributed by atoms with van der Waals surface area (Å²) in [6.07, 6.45) is -2.65. The van der Waals surface area contributed by atoms with Crippen LogP contribution in [-0.2, 0) is 0 Å². The molecule has 2 aromatic rings. The van der Waals surface area contributed by atoms with Crippen LogP contribution in [-0.4, -0.2) is 23.2 Å². The van der Waals surface area contributed by atoms with Gasteiger partial charge >= 0.3 is 5.97 Å². The number of carboxylic acids is 1. The third kappa shape index (κ3) is 2.70. The number of thiazole rings is 1. The molecule has 1 heterocycles. The van der Waals surface area contributed by atoms with E-state index in [1.165, 1.54) is 30.7 Å². The second-order valence-electron chi connectivity index (χ2n) is 3.60. The first-order chi connectivity index (χ1) is 9.02. The number of benzene rings is 1. The van der Waals surface area contributed by atoms with E-state index in [0.29, 0.717) is 16.3 Å². The van der Waals surface area contributed by atoms with Gasteiger partial charge in [-0.2, -0.15) is 0 Å². The fourth-order valence-corrected chi connectivity index (χ4v) is 2.35. The van der Waals surface area contributed by atoms with Crippen molar-refractivity contribution in [2.75, 3.05) is 7.11 Å². The smallest absolute Gasteiger partial charge is 0.335 e. The van der Waals surface area contributed by atoms with E-state index in [0.717, 1.165) is 11.3 Å². The quantitative estimate of drug-likeness (QED) is 0.934. The standard InChI is InChI=1S/C12H9F2NO3S/c1-18-9-3-2-6(12(16)17)4-7(9)11-15-8(5-19-11)10(13)14/h2-5,10H,1H3,(H,16,17). The van der Waals surface area contributed by atoms with Crippen LogP contribution >= 0.6 is 11.3 Å². The summed E-state index contributed by atoms with van der Waals surface area (Å²) < 4.78 is 30.1. The van der Waals surface area contributed by atoms with E-state index in [2.05, 4.69) is 4.98 Å². The maximum absolute atomic E-state index is 12.5. The number of hydrogen-bond acceptors (Lipinski definition) is 4. The van der Waals surface area contributed by atoms with E-state index in [1.807, 2.05) is 0 Å². The molecule has 0 saturated heterocycles. The molecule has 0 unspecified atom stereocenters. The Balaban J connectivity index is 2.51. The van der Waals surface area contributed by atoms with E-state index in [9.17, 15) is 13.6 Å². The second kappa shape index (κ2) is 5.31. The van der Waals surface area contributed by atoms with Crippen molar-refractivity contribution in [1.82, 2.24) is 4.98 Å². The molecule has 0 amide bonds. The molecule has 0 aliphatic rings. The van der Waals surface area contributed by atoms with Gasteiger partial charge in [-0.1, -0.05) is 0 Å². The van der Waals surface area contributed by atoms with Gasteiger partial charge in [0.05, 0.1) is 18.2 Å². The molecular weight excluding hydrogens is 276 g/mol. The van der Waals surface area contributed by atoms with Gasteiger partial charge in [0.2, 0.25) is 0 Å². The van der Waals surface area contributed by atoms with Crippen LogP contribution in [0.15, 0.2) is 23.6 Å². The highest BCUT2D eigenvalue weighted by molar-refractivity contribution is 7.13. The number of halogens is 2. The van der Waals surface area contributed by atoms with Gasteiger partial charge in [-0.25, -0.2) is 18.6 Å². The van der Waals surface area contributed by atoms with E-state index in [-0.39, 0.29) is 11.3 Å². The summed E-state index contributed by atoms with van der Waals surface area (Å²) in [5.74, 6) is -0.713. The van der Waals surface area contributed by atoms with Gasteiger partial charge in [0.25, 0.3) is 6.43 Å². The minimum atomic E-state index is -2.65. The predicted octanol–water partition coefficient (Wildman–Crippen LogP) is 3.45. The minimum absolute atomic E-state index is 0.0459. The molecule has 0 bridgehead atoms. The Morgan fingerprint density at radius 2 is 2.21 bits per heavy atom. The molecule has 0 fully saturated rings. The van der Waals surface area contributed by atoms with Crippen LogP contribution in [0.25, 0.3) is 10.6 Å². The van der Waals surface area contributed by atoms with E-state index < -0.39 is 12.4 Å². The first-order valence-corrected chi connectivity index (χ1v) is 6.06. The molecule has 0 spiro atoms. The zero-order valence-corrected chi connectivity index (χ0v) is 10.6. The third-order valence-electron chi connectivity index (χ3n) is 2.42. The molecule has 1 aromatic heterocycles. The predicted molar refractivity (Wildman–Crippen MR) is 66.0 cm³/mol. The SMILES string of the molecule is COc1ccc(C(=O)O)cc1-c1nc(C(F)F)cs1. The van der Waals surface area contributed by atoms with Crippen LogP contribution in [0.5, 0.6) is 5.75 Å². The maximum atomic E-state index is 12.5. The van der Waals surface area contributed by atoms with Crippen molar-refractivity contribution in [1.29, 1.82) is 0 Å².